The zero-order chi connectivity index (χ0) is 12.7. The van der Waals surface area contributed by atoms with Crippen molar-refractivity contribution in [3.63, 3.8) is 0 Å². The summed E-state index contributed by atoms with van der Waals surface area (Å²) in [5.74, 6) is -0.114. The van der Waals surface area contributed by atoms with E-state index in [1.807, 2.05) is 27.7 Å². The fourth-order valence-electron chi connectivity index (χ4n) is 1.42. The number of nitrogens with one attached hydrogen (secondary N) is 3. The van der Waals surface area contributed by atoms with Gasteiger partial charge in [-0.1, -0.05) is 13.8 Å². The number of rotatable bonds is 6. The predicted molar refractivity (Wildman–Crippen MR) is 64.0 cm³/mol. The molecule has 16 heavy (non-hydrogen) atoms. The third-order valence-electron chi connectivity index (χ3n) is 2.13. The zero-order valence-corrected chi connectivity index (χ0v) is 10.8. The molecule has 3 N–H and O–H groups in total. The predicted octanol–water partition coefficient (Wildman–Crippen LogP) is -0.129. The molecular weight excluding hydrogens is 206 g/mol. The average Bonchev–Trinajstić information content (AvgIpc) is 2.14. The molecule has 5 nitrogen and oxygen atoms in total. The lowest BCUT2D eigenvalue weighted by molar-refractivity contribution is -0.128. The summed E-state index contributed by atoms with van der Waals surface area (Å²) in [6.45, 7) is 7.69. The molecule has 5 heteroatoms. The highest BCUT2D eigenvalue weighted by Gasteiger charge is 2.20. The Labute approximate surface area is 97.4 Å². The zero-order valence-electron chi connectivity index (χ0n) is 10.8. The molecule has 0 aliphatic rings. The van der Waals surface area contributed by atoms with E-state index < -0.39 is 0 Å². The number of amides is 2. The average molecular weight is 229 g/mol. The van der Waals surface area contributed by atoms with Gasteiger partial charge >= 0.3 is 0 Å². The highest BCUT2D eigenvalue weighted by Crippen LogP contribution is 2.00. The number of carbonyl (C=O) groups is 2. The Morgan fingerprint density at radius 2 is 1.69 bits per heavy atom. The standard InChI is InChI=1S/C11H23N3O2/c1-7(2)10(12-5)11(16)13-6-9(15)14-8(3)4/h7-8,10,12H,6H2,1-5H3,(H,13,16)(H,14,15)/t10-/m0/s1. The van der Waals surface area contributed by atoms with Gasteiger partial charge in [0.15, 0.2) is 0 Å². The highest BCUT2D eigenvalue weighted by atomic mass is 16.2. The molecular formula is C11H23N3O2. The molecule has 1 atom stereocenters. The van der Waals surface area contributed by atoms with Crippen LogP contribution in [0.3, 0.4) is 0 Å². The number of likely N-dealkylation sites (N-methyl/N-ethyl adjacent to an activating group) is 1. The van der Waals surface area contributed by atoms with E-state index in [-0.39, 0.29) is 36.4 Å². The second-order valence-corrected chi connectivity index (χ2v) is 4.45. The minimum Gasteiger partial charge on any atom is -0.352 e. The number of hydrogen-bond acceptors (Lipinski definition) is 3. The van der Waals surface area contributed by atoms with Crippen molar-refractivity contribution in [3.05, 3.63) is 0 Å². The molecule has 0 saturated heterocycles. The Bertz CT molecular complexity index is 239. The summed E-state index contributed by atoms with van der Waals surface area (Å²) in [5, 5.41) is 8.24. The van der Waals surface area contributed by atoms with Crippen molar-refractivity contribution in [3.8, 4) is 0 Å². The molecule has 0 heterocycles. The van der Waals surface area contributed by atoms with Crippen LogP contribution in [0.4, 0.5) is 0 Å². The molecule has 0 radical (unpaired) electrons. The van der Waals surface area contributed by atoms with Gasteiger partial charge in [0.1, 0.15) is 0 Å². The Kier molecular flexibility index (Phi) is 6.72. The number of carbonyl (C=O) groups excluding carboxylic acids is 2. The van der Waals surface area contributed by atoms with Gasteiger partial charge in [0, 0.05) is 6.04 Å². The summed E-state index contributed by atoms with van der Waals surface area (Å²) in [5.41, 5.74) is 0. The van der Waals surface area contributed by atoms with Gasteiger partial charge in [-0.15, -0.1) is 0 Å². The van der Waals surface area contributed by atoms with Gasteiger partial charge in [-0.25, -0.2) is 0 Å². The lowest BCUT2D eigenvalue weighted by Crippen LogP contribution is -2.49. The minimum absolute atomic E-state index is 0.0297. The van der Waals surface area contributed by atoms with Gasteiger partial charge in [-0.2, -0.15) is 0 Å². The normalized spacial score (nSPS) is 12.7. The second-order valence-electron chi connectivity index (χ2n) is 4.45. The maximum atomic E-state index is 11.7. The van der Waals surface area contributed by atoms with E-state index in [1.54, 1.807) is 7.05 Å². The summed E-state index contributed by atoms with van der Waals surface area (Å²) >= 11 is 0. The van der Waals surface area contributed by atoms with Crippen molar-refractivity contribution >= 4 is 11.8 Å². The van der Waals surface area contributed by atoms with Gasteiger partial charge in [0.2, 0.25) is 11.8 Å². The Morgan fingerprint density at radius 1 is 1.12 bits per heavy atom. The third kappa shape index (κ3) is 5.70. The van der Waals surface area contributed by atoms with Crippen molar-refractivity contribution in [2.75, 3.05) is 13.6 Å². The molecule has 0 aromatic heterocycles. The first-order valence-electron chi connectivity index (χ1n) is 5.62. The van der Waals surface area contributed by atoms with Gasteiger partial charge in [0.05, 0.1) is 12.6 Å². The van der Waals surface area contributed by atoms with Crippen LogP contribution in [0, 0.1) is 5.92 Å². The summed E-state index contributed by atoms with van der Waals surface area (Å²) in [6, 6.07) is -0.165. The van der Waals surface area contributed by atoms with Crippen LogP contribution < -0.4 is 16.0 Å². The molecule has 0 aromatic rings. The molecule has 94 valence electrons. The molecule has 0 rings (SSSR count). The van der Waals surface area contributed by atoms with E-state index in [2.05, 4.69) is 16.0 Å². The lowest BCUT2D eigenvalue weighted by Gasteiger charge is -2.19. The van der Waals surface area contributed by atoms with E-state index in [0.29, 0.717) is 0 Å². The van der Waals surface area contributed by atoms with Crippen LogP contribution in [0.1, 0.15) is 27.7 Å². The van der Waals surface area contributed by atoms with Crippen molar-refractivity contribution in [1.82, 2.24) is 16.0 Å². The molecule has 0 saturated carbocycles. The van der Waals surface area contributed by atoms with Crippen LogP contribution in [0.2, 0.25) is 0 Å². The van der Waals surface area contributed by atoms with Crippen molar-refractivity contribution in [2.45, 2.75) is 39.8 Å². The number of hydrogen-bond donors (Lipinski definition) is 3. The van der Waals surface area contributed by atoms with Crippen LogP contribution in [0.15, 0.2) is 0 Å². The lowest BCUT2D eigenvalue weighted by atomic mass is 10.0. The molecule has 0 aromatic carbocycles. The van der Waals surface area contributed by atoms with Crippen LogP contribution in [-0.4, -0.2) is 37.5 Å². The maximum Gasteiger partial charge on any atom is 0.239 e. The first-order valence-corrected chi connectivity index (χ1v) is 5.62. The van der Waals surface area contributed by atoms with E-state index in [9.17, 15) is 9.59 Å². The monoisotopic (exact) mass is 229 g/mol. The van der Waals surface area contributed by atoms with Crippen molar-refractivity contribution in [2.24, 2.45) is 5.92 Å². The van der Waals surface area contributed by atoms with Crippen LogP contribution in [-0.2, 0) is 9.59 Å². The summed E-state index contributed by atoms with van der Waals surface area (Å²) < 4.78 is 0. The van der Waals surface area contributed by atoms with Gasteiger partial charge in [-0.05, 0) is 26.8 Å². The minimum atomic E-state index is -0.258. The fourth-order valence-corrected chi connectivity index (χ4v) is 1.42. The van der Waals surface area contributed by atoms with Gasteiger partial charge in [-0.3, -0.25) is 9.59 Å². The molecule has 0 unspecified atom stereocenters. The summed E-state index contributed by atoms with van der Waals surface area (Å²) in [6.07, 6.45) is 0. The first kappa shape index (κ1) is 14.9. The van der Waals surface area contributed by atoms with Crippen molar-refractivity contribution < 1.29 is 9.59 Å². The van der Waals surface area contributed by atoms with Gasteiger partial charge < -0.3 is 16.0 Å². The van der Waals surface area contributed by atoms with Crippen LogP contribution in [0.25, 0.3) is 0 Å². The van der Waals surface area contributed by atoms with E-state index in [4.69, 9.17) is 0 Å². The maximum absolute atomic E-state index is 11.7. The van der Waals surface area contributed by atoms with Gasteiger partial charge in [0.25, 0.3) is 0 Å². The molecule has 0 aliphatic heterocycles. The van der Waals surface area contributed by atoms with E-state index in [0.717, 1.165) is 0 Å². The molecule has 0 spiro atoms. The molecule has 0 aliphatic carbocycles. The van der Waals surface area contributed by atoms with E-state index in [1.165, 1.54) is 0 Å². The van der Waals surface area contributed by atoms with Crippen LogP contribution in [0.5, 0.6) is 0 Å². The first-order chi connectivity index (χ1) is 7.38. The highest BCUT2D eigenvalue weighted by molar-refractivity contribution is 5.87. The second kappa shape index (κ2) is 7.22. The van der Waals surface area contributed by atoms with E-state index >= 15 is 0 Å². The summed E-state index contributed by atoms with van der Waals surface area (Å²) in [4.78, 5) is 22.9. The molecule has 0 bridgehead atoms. The Morgan fingerprint density at radius 3 is 2.06 bits per heavy atom. The Hall–Kier alpha value is -1.10. The third-order valence-corrected chi connectivity index (χ3v) is 2.13. The smallest absolute Gasteiger partial charge is 0.239 e. The fraction of sp³-hybridized carbons (Fsp3) is 0.818. The largest absolute Gasteiger partial charge is 0.352 e. The summed E-state index contributed by atoms with van der Waals surface area (Å²) in [7, 11) is 1.73. The quantitative estimate of drug-likeness (QED) is 0.594. The Balaban J connectivity index is 4.01. The molecule has 2 amide bonds. The SMILES string of the molecule is CN[C@H](C(=O)NCC(=O)NC(C)C)C(C)C. The topological polar surface area (TPSA) is 70.2 Å². The van der Waals surface area contributed by atoms with Crippen LogP contribution >= 0.6 is 0 Å². The molecule has 0 fully saturated rings. The van der Waals surface area contributed by atoms with Crippen molar-refractivity contribution in [1.29, 1.82) is 0 Å².